The summed E-state index contributed by atoms with van der Waals surface area (Å²) in [6.07, 6.45) is 4.77. The van der Waals surface area contributed by atoms with Gasteiger partial charge in [-0.15, -0.1) is 0 Å². The lowest BCUT2D eigenvalue weighted by atomic mass is 9.95. The molecule has 1 saturated heterocycles. The Bertz CT molecular complexity index is 1050. The third kappa shape index (κ3) is 4.54. The maximum absolute atomic E-state index is 12.6. The maximum Gasteiger partial charge on any atom is 0.246 e. The number of likely N-dealkylation sites (tertiary alicyclic amines) is 1. The fourth-order valence-electron chi connectivity index (χ4n) is 3.66. The molecule has 29 heavy (non-hydrogen) atoms. The Balaban J connectivity index is 1.30. The topological polar surface area (TPSA) is 78.1 Å². The van der Waals surface area contributed by atoms with Gasteiger partial charge in [0, 0.05) is 30.8 Å². The number of aromatic nitrogens is 2. The number of hydrogen-bond donors (Lipinski definition) is 2. The number of aromatic amines is 1. The molecule has 0 atom stereocenters. The molecule has 2 N–H and O–H groups in total. The number of imidazole rings is 1. The smallest absolute Gasteiger partial charge is 0.246 e. The Kier molecular flexibility index (Phi) is 5.42. The van der Waals surface area contributed by atoms with Crippen LogP contribution >= 0.6 is 0 Å². The van der Waals surface area contributed by atoms with Gasteiger partial charge in [0.15, 0.2) is 0 Å². The molecule has 1 aliphatic rings. The molecule has 1 aliphatic heterocycles. The second kappa shape index (κ2) is 8.31. The van der Waals surface area contributed by atoms with E-state index in [1.54, 1.807) is 6.08 Å². The van der Waals surface area contributed by atoms with E-state index in [0.29, 0.717) is 25.9 Å². The summed E-state index contributed by atoms with van der Waals surface area (Å²) in [7, 11) is 0. The molecule has 0 radical (unpaired) electrons. The summed E-state index contributed by atoms with van der Waals surface area (Å²) in [5.41, 5.74) is 3.55. The van der Waals surface area contributed by atoms with Gasteiger partial charge in [-0.2, -0.15) is 0 Å². The summed E-state index contributed by atoms with van der Waals surface area (Å²) in [5, 5.41) is 3.00. The quantitative estimate of drug-likeness (QED) is 0.668. The van der Waals surface area contributed by atoms with Gasteiger partial charge >= 0.3 is 0 Å². The highest BCUT2D eigenvalue weighted by molar-refractivity contribution is 5.95. The molecule has 1 aromatic heterocycles. The van der Waals surface area contributed by atoms with Gasteiger partial charge in [0.25, 0.3) is 0 Å². The van der Waals surface area contributed by atoms with Crippen LogP contribution in [0.3, 0.4) is 0 Å². The van der Waals surface area contributed by atoms with E-state index in [-0.39, 0.29) is 17.7 Å². The molecule has 2 amide bonds. The minimum Gasteiger partial charge on any atom is -0.342 e. The molecule has 6 heteroatoms. The first-order chi connectivity index (χ1) is 14.1. The Hall–Kier alpha value is -3.41. The van der Waals surface area contributed by atoms with Gasteiger partial charge in [0.2, 0.25) is 11.8 Å². The highest BCUT2D eigenvalue weighted by Crippen LogP contribution is 2.22. The number of aryl methyl sites for hydroxylation is 1. The van der Waals surface area contributed by atoms with Crippen molar-refractivity contribution in [2.45, 2.75) is 19.8 Å². The Labute approximate surface area is 169 Å². The molecular weight excluding hydrogens is 364 g/mol. The van der Waals surface area contributed by atoms with Crippen LogP contribution in [-0.4, -0.2) is 39.8 Å². The number of piperidine rings is 1. The highest BCUT2D eigenvalue weighted by Gasteiger charge is 2.26. The third-order valence-electron chi connectivity index (χ3n) is 5.26. The van der Waals surface area contributed by atoms with Gasteiger partial charge < -0.3 is 15.2 Å². The zero-order valence-corrected chi connectivity index (χ0v) is 16.4. The molecule has 6 nitrogen and oxygen atoms in total. The zero-order valence-electron chi connectivity index (χ0n) is 16.4. The van der Waals surface area contributed by atoms with E-state index in [2.05, 4.69) is 15.3 Å². The van der Waals surface area contributed by atoms with Crippen LogP contribution in [0.2, 0.25) is 0 Å². The van der Waals surface area contributed by atoms with Crippen molar-refractivity contribution in [3.05, 3.63) is 66.0 Å². The summed E-state index contributed by atoms with van der Waals surface area (Å²) in [4.78, 5) is 34.4. The van der Waals surface area contributed by atoms with Gasteiger partial charge in [0.05, 0.1) is 11.0 Å². The van der Waals surface area contributed by atoms with Gasteiger partial charge in [-0.05, 0) is 49.6 Å². The number of benzene rings is 2. The molecule has 148 valence electrons. The van der Waals surface area contributed by atoms with Gasteiger partial charge in [-0.25, -0.2) is 4.98 Å². The number of hydrogen-bond acceptors (Lipinski definition) is 3. The lowest BCUT2D eigenvalue weighted by molar-refractivity contribution is -0.130. The first-order valence-electron chi connectivity index (χ1n) is 9.88. The van der Waals surface area contributed by atoms with Crippen LogP contribution in [0.15, 0.2) is 54.6 Å². The Morgan fingerprint density at radius 1 is 1.14 bits per heavy atom. The molecule has 0 saturated carbocycles. The van der Waals surface area contributed by atoms with Crippen molar-refractivity contribution in [1.29, 1.82) is 0 Å². The zero-order chi connectivity index (χ0) is 20.2. The second-order valence-electron chi connectivity index (χ2n) is 7.39. The minimum atomic E-state index is -0.0867. The Morgan fingerprint density at radius 2 is 1.90 bits per heavy atom. The average Bonchev–Trinajstić information content (AvgIpc) is 3.12. The van der Waals surface area contributed by atoms with E-state index in [9.17, 15) is 9.59 Å². The van der Waals surface area contributed by atoms with Crippen LogP contribution in [0.5, 0.6) is 0 Å². The number of carbonyl (C=O) groups excluding carboxylic acids is 2. The molecule has 2 aromatic carbocycles. The lowest BCUT2D eigenvalue weighted by Gasteiger charge is -2.30. The van der Waals surface area contributed by atoms with Gasteiger partial charge in [-0.1, -0.05) is 30.3 Å². The molecule has 0 spiro atoms. The summed E-state index contributed by atoms with van der Waals surface area (Å²) in [6, 6.07) is 15.4. The van der Waals surface area contributed by atoms with Crippen molar-refractivity contribution in [1.82, 2.24) is 14.9 Å². The maximum atomic E-state index is 12.6. The van der Waals surface area contributed by atoms with Crippen molar-refractivity contribution in [2.24, 2.45) is 5.92 Å². The molecule has 1 fully saturated rings. The molecule has 0 aliphatic carbocycles. The Morgan fingerprint density at radius 3 is 2.66 bits per heavy atom. The lowest BCUT2D eigenvalue weighted by Crippen LogP contribution is -2.40. The van der Waals surface area contributed by atoms with E-state index in [4.69, 9.17) is 0 Å². The number of carbonyl (C=O) groups is 2. The van der Waals surface area contributed by atoms with Crippen LogP contribution < -0.4 is 5.32 Å². The largest absolute Gasteiger partial charge is 0.342 e. The van der Waals surface area contributed by atoms with Crippen molar-refractivity contribution in [2.75, 3.05) is 18.4 Å². The molecule has 0 unspecified atom stereocenters. The summed E-state index contributed by atoms with van der Waals surface area (Å²) >= 11 is 0. The number of rotatable bonds is 4. The molecule has 4 rings (SSSR count). The number of fused-ring (bicyclic) bond motifs is 1. The first kappa shape index (κ1) is 18.9. The standard InChI is InChI=1S/C23H24N4O2/c1-16-24-20-9-8-19(15-21(20)25-16)26-23(29)18-11-13-27(14-12-18)22(28)10-7-17-5-3-2-4-6-17/h2-10,15,18H,11-14H2,1H3,(H,24,25)(H,26,29). The molecule has 2 heterocycles. The monoisotopic (exact) mass is 388 g/mol. The predicted molar refractivity (Wildman–Crippen MR) is 114 cm³/mol. The van der Waals surface area contributed by atoms with Crippen molar-refractivity contribution < 1.29 is 9.59 Å². The van der Waals surface area contributed by atoms with Crippen LogP contribution in [0.1, 0.15) is 24.2 Å². The minimum absolute atomic E-state index is 0.00669. The first-order valence-corrected chi connectivity index (χ1v) is 9.88. The number of nitrogens with zero attached hydrogens (tertiary/aromatic N) is 2. The summed E-state index contributed by atoms with van der Waals surface area (Å²) in [6.45, 7) is 3.09. The van der Waals surface area contributed by atoms with Gasteiger partial charge in [0.1, 0.15) is 5.82 Å². The normalized spacial score (nSPS) is 15.1. The van der Waals surface area contributed by atoms with Crippen LogP contribution in [0.25, 0.3) is 17.1 Å². The summed E-state index contributed by atoms with van der Waals surface area (Å²) in [5.74, 6) is 0.762. The van der Waals surface area contributed by atoms with Crippen LogP contribution in [-0.2, 0) is 9.59 Å². The third-order valence-corrected chi connectivity index (χ3v) is 5.26. The number of nitrogens with one attached hydrogen (secondary N) is 2. The van der Waals surface area contributed by atoms with Gasteiger partial charge in [-0.3, -0.25) is 9.59 Å². The van der Waals surface area contributed by atoms with E-state index < -0.39 is 0 Å². The van der Waals surface area contributed by atoms with Crippen LogP contribution in [0, 0.1) is 12.8 Å². The van der Waals surface area contributed by atoms with E-state index in [0.717, 1.165) is 28.1 Å². The average molecular weight is 388 g/mol. The van der Waals surface area contributed by atoms with Crippen molar-refractivity contribution in [3.63, 3.8) is 0 Å². The number of anilines is 1. The number of amides is 2. The molecule has 0 bridgehead atoms. The van der Waals surface area contributed by atoms with E-state index in [1.807, 2.05) is 66.4 Å². The van der Waals surface area contributed by atoms with E-state index in [1.165, 1.54) is 0 Å². The fraction of sp³-hybridized carbons (Fsp3) is 0.261. The van der Waals surface area contributed by atoms with Crippen molar-refractivity contribution in [3.8, 4) is 0 Å². The molecule has 3 aromatic rings. The molecular formula is C23H24N4O2. The predicted octanol–water partition coefficient (Wildman–Crippen LogP) is 3.76. The number of H-pyrrole nitrogens is 1. The summed E-state index contributed by atoms with van der Waals surface area (Å²) < 4.78 is 0. The van der Waals surface area contributed by atoms with E-state index >= 15 is 0 Å². The van der Waals surface area contributed by atoms with Crippen LogP contribution in [0.4, 0.5) is 5.69 Å². The highest BCUT2D eigenvalue weighted by atomic mass is 16.2. The second-order valence-corrected chi connectivity index (χ2v) is 7.39. The fourth-order valence-corrected chi connectivity index (χ4v) is 3.66. The van der Waals surface area contributed by atoms with Crippen molar-refractivity contribution >= 4 is 34.6 Å². The SMILES string of the molecule is Cc1nc2ccc(NC(=O)C3CCN(C(=O)C=Cc4ccccc4)CC3)cc2[nH]1.